The fraction of sp³-hybridized carbons (Fsp3) is 0.500. The van der Waals surface area contributed by atoms with E-state index in [9.17, 15) is 4.79 Å². The number of carbonyl (C=O) groups excluding carboxylic acids is 1. The van der Waals surface area contributed by atoms with Crippen LogP contribution in [0.2, 0.25) is 0 Å². The smallest absolute Gasteiger partial charge is 0.348 e. The van der Waals surface area contributed by atoms with E-state index >= 15 is 0 Å². The number of esters is 1. The highest BCUT2D eigenvalue weighted by molar-refractivity contribution is 7.20. The van der Waals surface area contributed by atoms with E-state index in [0.717, 1.165) is 46.7 Å². The van der Waals surface area contributed by atoms with Crippen LogP contribution in [-0.4, -0.2) is 57.8 Å². The second kappa shape index (κ2) is 8.08. The average molecular weight is 415 g/mol. The Morgan fingerprint density at radius 2 is 2.24 bits per heavy atom. The van der Waals surface area contributed by atoms with E-state index in [-0.39, 0.29) is 12.0 Å². The van der Waals surface area contributed by atoms with Gasteiger partial charge in [0, 0.05) is 11.7 Å². The SMILES string of the molecule is CCOC(=O)c1sc2nc(CN(C)C)nc(NC3CCc4[nH]ncc4C3)c2c1C. The van der Waals surface area contributed by atoms with Gasteiger partial charge in [0.05, 0.1) is 24.7 Å². The summed E-state index contributed by atoms with van der Waals surface area (Å²) in [7, 11) is 3.98. The molecule has 154 valence electrons. The van der Waals surface area contributed by atoms with Crippen molar-refractivity contribution in [3.63, 3.8) is 0 Å². The monoisotopic (exact) mass is 414 g/mol. The molecule has 0 radical (unpaired) electrons. The number of thiophene rings is 1. The molecule has 29 heavy (non-hydrogen) atoms. The summed E-state index contributed by atoms with van der Waals surface area (Å²) in [6, 6.07) is 0.260. The average Bonchev–Trinajstić information content (AvgIpc) is 3.25. The molecule has 1 unspecified atom stereocenters. The molecule has 0 spiro atoms. The molecule has 1 aliphatic rings. The molecule has 0 aliphatic heterocycles. The second-order valence-corrected chi connectivity index (χ2v) is 8.64. The highest BCUT2D eigenvalue weighted by atomic mass is 32.1. The van der Waals surface area contributed by atoms with Crippen LogP contribution in [0.15, 0.2) is 6.20 Å². The molecule has 3 aromatic rings. The van der Waals surface area contributed by atoms with E-state index < -0.39 is 0 Å². The zero-order valence-corrected chi connectivity index (χ0v) is 18.0. The fourth-order valence-electron chi connectivity index (χ4n) is 3.77. The van der Waals surface area contributed by atoms with Crippen molar-refractivity contribution in [2.45, 2.75) is 45.7 Å². The Labute approximate surface area is 173 Å². The lowest BCUT2D eigenvalue weighted by molar-refractivity contribution is 0.0531. The van der Waals surface area contributed by atoms with Gasteiger partial charge in [0.15, 0.2) is 0 Å². The van der Waals surface area contributed by atoms with E-state index in [1.165, 1.54) is 22.6 Å². The topological polar surface area (TPSA) is 96.0 Å². The van der Waals surface area contributed by atoms with Crippen molar-refractivity contribution in [2.75, 3.05) is 26.0 Å². The number of hydrogen-bond donors (Lipinski definition) is 2. The number of ether oxygens (including phenoxy) is 1. The van der Waals surface area contributed by atoms with Gasteiger partial charge in [-0.1, -0.05) is 0 Å². The largest absolute Gasteiger partial charge is 0.462 e. The molecule has 0 bridgehead atoms. The summed E-state index contributed by atoms with van der Waals surface area (Å²) in [6.07, 6.45) is 4.76. The zero-order valence-electron chi connectivity index (χ0n) is 17.2. The number of rotatable bonds is 6. The number of aryl methyl sites for hydroxylation is 2. The van der Waals surface area contributed by atoms with Crippen LogP contribution in [0.1, 0.15) is 45.7 Å². The van der Waals surface area contributed by atoms with Gasteiger partial charge in [0.2, 0.25) is 0 Å². The van der Waals surface area contributed by atoms with Gasteiger partial charge in [-0.15, -0.1) is 11.3 Å². The first-order valence-electron chi connectivity index (χ1n) is 9.85. The summed E-state index contributed by atoms with van der Waals surface area (Å²) >= 11 is 1.38. The van der Waals surface area contributed by atoms with Crippen molar-refractivity contribution < 1.29 is 9.53 Å². The lowest BCUT2D eigenvalue weighted by atomic mass is 9.93. The van der Waals surface area contributed by atoms with Crippen LogP contribution in [-0.2, 0) is 24.1 Å². The molecule has 8 nitrogen and oxygen atoms in total. The third-order valence-electron chi connectivity index (χ3n) is 5.11. The maximum atomic E-state index is 12.4. The van der Waals surface area contributed by atoms with E-state index in [4.69, 9.17) is 14.7 Å². The predicted octanol–water partition coefficient (Wildman–Crippen LogP) is 2.93. The number of fused-ring (bicyclic) bond motifs is 2. The summed E-state index contributed by atoms with van der Waals surface area (Å²) in [5.41, 5.74) is 3.35. The van der Waals surface area contributed by atoms with Gasteiger partial charge in [-0.3, -0.25) is 5.10 Å². The molecule has 4 rings (SSSR count). The van der Waals surface area contributed by atoms with Gasteiger partial charge in [0.25, 0.3) is 0 Å². The minimum atomic E-state index is -0.297. The third-order valence-corrected chi connectivity index (χ3v) is 6.28. The number of H-pyrrole nitrogens is 1. The summed E-state index contributed by atoms with van der Waals surface area (Å²) in [6.45, 7) is 4.74. The highest BCUT2D eigenvalue weighted by Crippen LogP contribution is 2.35. The van der Waals surface area contributed by atoms with Gasteiger partial charge in [0.1, 0.15) is 21.3 Å². The number of anilines is 1. The molecule has 2 N–H and O–H groups in total. The molecule has 1 aliphatic carbocycles. The summed E-state index contributed by atoms with van der Waals surface area (Å²) in [5, 5.41) is 11.8. The number of hydrogen-bond acceptors (Lipinski definition) is 8. The van der Waals surface area contributed by atoms with Crippen LogP contribution in [0.4, 0.5) is 5.82 Å². The first kappa shape index (κ1) is 19.8. The quantitative estimate of drug-likeness (QED) is 0.599. The van der Waals surface area contributed by atoms with Gasteiger partial charge in [-0.25, -0.2) is 14.8 Å². The van der Waals surface area contributed by atoms with Crippen molar-refractivity contribution in [1.29, 1.82) is 0 Å². The van der Waals surface area contributed by atoms with Crippen LogP contribution < -0.4 is 5.32 Å². The van der Waals surface area contributed by atoms with Gasteiger partial charge in [-0.2, -0.15) is 5.10 Å². The summed E-state index contributed by atoms with van der Waals surface area (Å²) in [5.74, 6) is 1.24. The van der Waals surface area contributed by atoms with Gasteiger partial charge >= 0.3 is 5.97 Å². The minimum Gasteiger partial charge on any atom is -0.462 e. The van der Waals surface area contributed by atoms with E-state index in [2.05, 4.69) is 15.5 Å². The second-order valence-electron chi connectivity index (χ2n) is 7.64. The van der Waals surface area contributed by atoms with Crippen LogP contribution in [0.25, 0.3) is 10.2 Å². The standard InChI is InChI=1S/C20H26N6O2S/c1-5-28-20(27)17-11(2)16-18(23-15(10-26(3)4)24-19(16)29-17)22-13-6-7-14-12(8-13)9-21-25-14/h9,13H,5-8,10H2,1-4H3,(H,21,25)(H,22,23,24). The highest BCUT2D eigenvalue weighted by Gasteiger charge is 2.25. The molecular weight excluding hydrogens is 388 g/mol. The first-order valence-corrected chi connectivity index (χ1v) is 10.7. The number of nitrogens with zero attached hydrogens (tertiary/aromatic N) is 4. The van der Waals surface area contributed by atoms with Crippen molar-refractivity contribution >= 4 is 33.3 Å². The Morgan fingerprint density at radius 1 is 1.41 bits per heavy atom. The molecule has 0 amide bonds. The molecule has 9 heteroatoms. The van der Waals surface area contributed by atoms with Crippen molar-refractivity contribution in [2.24, 2.45) is 0 Å². The van der Waals surface area contributed by atoms with Crippen LogP contribution in [0.5, 0.6) is 0 Å². The molecule has 3 heterocycles. The van der Waals surface area contributed by atoms with Crippen LogP contribution >= 0.6 is 11.3 Å². The molecule has 3 aromatic heterocycles. The Morgan fingerprint density at radius 3 is 3.00 bits per heavy atom. The maximum absolute atomic E-state index is 12.4. The number of carbonyl (C=O) groups is 1. The lowest BCUT2D eigenvalue weighted by Crippen LogP contribution is -2.28. The van der Waals surface area contributed by atoms with Gasteiger partial charge < -0.3 is 15.0 Å². The normalized spacial score (nSPS) is 16.2. The van der Waals surface area contributed by atoms with Crippen LogP contribution in [0.3, 0.4) is 0 Å². The van der Waals surface area contributed by atoms with Gasteiger partial charge in [-0.05, 0) is 58.3 Å². The van der Waals surface area contributed by atoms with E-state index in [1.54, 1.807) is 0 Å². The Hall–Kier alpha value is -2.52. The van der Waals surface area contributed by atoms with E-state index in [0.29, 0.717) is 18.0 Å². The minimum absolute atomic E-state index is 0.260. The van der Waals surface area contributed by atoms with Crippen molar-refractivity contribution in [3.8, 4) is 0 Å². The molecule has 1 atom stereocenters. The molecule has 0 saturated heterocycles. The number of nitrogens with one attached hydrogen (secondary N) is 2. The molecule has 0 saturated carbocycles. The summed E-state index contributed by atoms with van der Waals surface area (Å²) in [4.78, 5) is 25.4. The number of aromatic amines is 1. The molecule has 0 aromatic carbocycles. The number of aromatic nitrogens is 4. The summed E-state index contributed by atoms with van der Waals surface area (Å²) < 4.78 is 5.24. The van der Waals surface area contributed by atoms with Crippen molar-refractivity contribution in [1.82, 2.24) is 25.1 Å². The fourth-order valence-corrected chi connectivity index (χ4v) is 4.86. The molecular formula is C20H26N6O2S. The maximum Gasteiger partial charge on any atom is 0.348 e. The lowest BCUT2D eigenvalue weighted by Gasteiger charge is -2.24. The zero-order chi connectivity index (χ0) is 20.5. The Kier molecular flexibility index (Phi) is 5.51. The molecule has 0 fully saturated rings. The third kappa shape index (κ3) is 3.97. The van der Waals surface area contributed by atoms with Crippen molar-refractivity contribution in [3.05, 3.63) is 33.7 Å². The van der Waals surface area contributed by atoms with Crippen LogP contribution in [0, 0.1) is 6.92 Å². The van der Waals surface area contributed by atoms with E-state index in [1.807, 2.05) is 39.0 Å². The Balaban J connectivity index is 1.73. The first-order chi connectivity index (χ1) is 14.0. The Bertz CT molecular complexity index is 1040. The predicted molar refractivity (Wildman–Crippen MR) is 114 cm³/mol.